The first-order chi connectivity index (χ1) is 16.1. The number of nitrogens with zero attached hydrogens (tertiary/aromatic N) is 3. The molecule has 1 amide bonds. The van der Waals surface area contributed by atoms with Crippen molar-refractivity contribution in [3.63, 3.8) is 0 Å². The molecular weight excluding hydrogens is 472 g/mol. The van der Waals surface area contributed by atoms with Crippen molar-refractivity contribution < 1.29 is 13.2 Å². The molecule has 0 atom stereocenters. The number of aryl methyl sites for hydroxylation is 2. The van der Waals surface area contributed by atoms with Gasteiger partial charge in [0.2, 0.25) is 15.9 Å². The largest absolute Gasteiger partial charge is 0.324 e. The van der Waals surface area contributed by atoms with E-state index in [-0.39, 0.29) is 17.0 Å². The number of fused-ring (bicyclic) bond motifs is 1. The molecule has 0 aliphatic carbocycles. The van der Waals surface area contributed by atoms with Crippen LogP contribution in [0.2, 0.25) is 0 Å². The number of anilines is 1. The van der Waals surface area contributed by atoms with Crippen LogP contribution in [-0.4, -0.2) is 42.3 Å². The minimum absolute atomic E-state index is 0.0691. The monoisotopic (exact) mass is 496 g/mol. The minimum atomic E-state index is -3.65. The van der Waals surface area contributed by atoms with Gasteiger partial charge in [0.25, 0.3) is 5.56 Å². The van der Waals surface area contributed by atoms with Crippen molar-refractivity contribution in [2.75, 3.05) is 19.4 Å². The highest BCUT2D eigenvalue weighted by atomic mass is 32.2. The molecule has 1 N–H and O–H groups in total. The quantitative estimate of drug-likeness (QED) is 0.439. The highest BCUT2D eigenvalue weighted by Gasteiger charge is 2.19. The summed E-state index contributed by atoms with van der Waals surface area (Å²) in [7, 11) is -0.766. The highest BCUT2D eigenvalue weighted by Crippen LogP contribution is 2.30. The second-order valence-electron chi connectivity index (χ2n) is 8.19. The number of benzene rings is 2. The maximum Gasteiger partial charge on any atom is 0.263 e. The smallest absolute Gasteiger partial charge is 0.263 e. The lowest BCUT2D eigenvalue weighted by Gasteiger charge is -2.14. The van der Waals surface area contributed by atoms with Gasteiger partial charge in [-0.25, -0.2) is 17.7 Å². The van der Waals surface area contributed by atoms with Crippen molar-refractivity contribution >= 4 is 43.2 Å². The summed E-state index contributed by atoms with van der Waals surface area (Å²) in [6.07, 6.45) is 1.36. The van der Waals surface area contributed by atoms with Gasteiger partial charge in [-0.3, -0.25) is 14.2 Å². The molecule has 0 spiro atoms. The Bertz CT molecular complexity index is 1550. The fraction of sp³-hybridized carbons (Fsp3) is 0.208. The lowest BCUT2D eigenvalue weighted by Crippen LogP contribution is -2.28. The summed E-state index contributed by atoms with van der Waals surface area (Å²) in [5, 5.41) is 5.09. The van der Waals surface area contributed by atoms with Gasteiger partial charge < -0.3 is 5.32 Å². The van der Waals surface area contributed by atoms with E-state index in [4.69, 9.17) is 0 Å². The maximum absolute atomic E-state index is 13.2. The Morgan fingerprint density at radius 2 is 1.82 bits per heavy atom. The number of thiophene rings is 1. The van der Waals surface area contributed by atoms with Crippen LogP contribution in [0, 0.1) is 13.8 Å². The molecule has 0 aliphatic heterocycles. The molecule has 34 heavy (non-hydrogen) atoms. The van der Waals surface area contributed by atoms with Gasteiger partial charge in [-0.2, -0.15) is 0 Å². The fourth-order valence-corrected chi connectivity index (χ4v) is 5.31. The number of aromatic nitrogens is 2. The summed E-state index contributed by atoms with van der Waals surface area (Å²) in [5.74, 6) is -0.460. The van der Waals surface area contributed by atoms with Crippen molar-refractivity contribution in [2.24, 2.45) is 0 Å². The first-order valence-corrected chi connectivity index (χ1v) is 12.8. The molecular formula is C24H24N4O4S2. The number of carbonyl (C=O) groups is 1. The summed E-state index contributed by atoms with van der Waals surface area (Å²) in [6.45, 7) is 3.51. The number of amides is 1. The summed E-state index contributed by atoms with van der Waals surface area (Å²) in [4.78, 5) is 31.1. The van der Waals surface area contributed by atoms with E-state index >= 15 is 0 Å². The van der Waals surface area contributed by atoms with E-state index in [0.717, 1.165) is 21.0 Å². The molecule has 0 radical (unpaired) electrons. The molecule has 2 aromatic carbocycles. The normalized spacial score (nSPS) is 11.8. The van der Waals surface area contributed by atoms with Gasteiger partial charge in [0.1, 0.15) is 11.4 Å². The van der Waals surface area contributed by atoms with E-state index in [1.165, 1.54) is 48.5 Å². The summed E-state index contributed by atoms with van der Waals surface area (Å²) in [5.41, 5.74) is 3.57. The van der Waals surface area contributed by atoms with Crippen LogP contribution in [0.15, 0.2) is 63.9 Å². The summed E-state index contributed by atoms with van der Waals surface area (Å²) < 4.78 is 27.3. The molecule has 0 fully saturated rings. The van der Waals surface area contributed by atoms with Crippen LogP contribution >= 0.6 is 11.3 Å². The van der Waals surface area contributed by atoms with Crippen LogP contribution < -0.4 is 10.9 Å². The average molecular weight is 497 g/mol. The Morgan fingerprint density at radius 1 is 1.12 bits per heavy atom. The highest BCUT2D eigenvalue weighted by molar-refractivity contribution is 7.89. The lowest BCUT2D eigenvalue weighted by molar-refractivity contribution is -0.116. The predicted molar refractivity (Wildman–Crippen MR) is 135 cm³/mol. The molecule has 0 bridgehead atoms. The van der Waals surface area contributed by atoms with Crippen LogP contribution in [0.4, 0.5) is 5.69 Å². The SMILES string of the molecule is Cc1ccc(-c2csc3ncn(CC(=O)Nc4cc(S(=O)(=O)N(C)C)ccc4C)c(=O)c23)cc1. The van der Waals surface area contributed by atoms with Crippen LogP contribution in [0.25, 0.3) is 21.3 Å². The standard InChI is InChI=1S/C24H24N4O4S2/c1-15-5-8-17(9-6-15)19-13-33-23-22(19)24(30)28(14-25-23)12-21(29)26-20-11-18(10-7-16(20)2)34(31,32)27(3)4/h5-11,13-14H,12H2,1-4H3,(H,26,29). The van der Waals surface area contributed by atoms with E-state index < -0.39 is 15.9 Å². The second kappa shape index (κ2) is 9.13. The zero-order valence-corrected chi connectivity index (χ0v) is 20.8. The Hall–Kier alpha value is -3.34. The van der Waals surface area contributed by atoms with Crippen LogP contribution in [0.5, 0.6) is 0 Å². The first-order valence-electron chi connectivity index (χ1n) is 10.4. The molecule has 4 rings (SSSR count). The van der Waals surface area contributed by atoms with Crippen molar-refractivity contribution in [3.05, 3.63) is 75.7 Å². The molecule has 10 heteroatoms. The van der Waals surface area contributed by atoms with Gasteiger partial charge in [0.15, 0.2) is 0 Å². The molecule has 0 saturated heterocycles. The van der Waals surface area contributed by atoms with Crippen LogP contribution in [0.1, 0.15) is 11.1 Å². The number of carbonyl (C=O) groups excluding carboxylic acids is 1. The predicted octanol–water partition coefficient (Wildman–Crippen LogP) is 3.63. The van der Waals surface area contributed by atoms with Gasteiger partial charge in [0, 0.05) is 30.7 Å². The molecule has 2 heterocycles. The zero-order valence-electron chi connectivity index (χ0n) is 19.2. The Morgan fingerprint density at radius 3 is 2.50 bits per heavy atom. The zero-order chi connectivity index (χ0) is 24.6. The Kier molecular flexibility index (Phi) is 6.39. The third-order valence-corrected chi connectivity index (χ3v) is 8.20. The maximum atomic E-state index is 13.2. The molecule has 0 saturated carbocycles. The van der Waals surface area contributed by atoms with Gasteiger partial charge in [-0.05, 0) is 37.1 Å². The minimum Gasteiger partial charge on any atom is -0.324 e. The average Bonchev–Trinajstić information content (AvgIpc) is 3.22. The van der Waals surface area contributed by atoms with E-state index in [2.05, 4.69) is 10.3 Å². The molecule has 0 unspecified atom stereocenters. The van der Waals surface area contributed by atoms with Crippen molar-refractivity contribution in [1.82, 2.24) is 13.9 Å². The topological polar surface area (TPSA) is 101 Å². The third kappa shape index (κ3) is 4.52. The third-order valence-electron chi connectivity index (χ3n) is 5.50. The van der Waals surface area contributed by atoms with Gasteiger partial charge in [0.05, 0.1) is 16.6 Å². The Balaban J connectivity index is 1.63. The van der Waals surface area contributed by atoms with Gasteiger partial charge in [-0.1, -0.05) is 35.9 Å². The Labute approximate surface area is 201 Å². The fourth-order valence-electron chi connectivity index (χ4n) is 3.48. The number of hydrogen-bond acceptors (Lipinski definition) is 6. The van der Waals surface area contributed by atoms with Gasteiger partial charge >= 0.3 is 0 Å². The van der Waals surface area contributed by atoms with Crippen molar-refractivity contribution in [3.8, 4) is 11.1 Å². The van der Waals surface area contributed by atoms with E-state index in [0.29, 0.717) is 21.5 Å². The second-order valence-corrected chi connectivity index (χ2v) is 11.2. The van der Waals surface area contributed by atoms with Gasteiger partial charge in [-0.15, -0.1) is 11.3 Å². The molecule has 4 aromatic rings. The molecule has 0 aliphatic rings. The van der Waals surface area contributed by atoms with E-state index in [1.54, 1.807) is 13.0 Å². The molecule has 2 aromatic heterocycles. The number of hydrogen-bond donors (Lipinski definition) is 1. The van der Waals surface area contributed by atoms with E-state index in [9.17, 15) is 18.0 Å². The lowest BCUT2D eigenvalue weighted by atomic mass is 10.1. The van der Waals surface area contributed by atoms with Crippen molar-refractivity contribution in [2.45, 2.75) is 25.3 Å². The number of sulfonamides is 1. The van der Waals surface area contributed by atoms with Crippen molar-refractivity contribution in [1.29, 1.82) is 0 Å². The summed E-state index contributed by atoms with van der Waals surface area (Å²) in [6, 6.07) is 12.4. The number of rotatable bonds is 6. The van der Waals surface area contributed by atoms with Crippen LogP contribution in [-0.2, 0) is 21.4 Å². The molecule has 176 valence electrons. The number of nitrogens with one attached hydrogen (secondary N) is 1. The first kappa shape index (κ1) is 23.8. The summed E-state index contributed by atoms with van der Waals surface area (Å²) >= 11 is 1.38. The van der Waals surface area contributed by atoms with E-state index in [1.807, 2.05) is 36.6 Å². The molecule has 8 nitrogen and oxygen atoms in total. The van der Waals surface area contributed by atoms with Crippen LogP contribution in [0.3, 0.4) is 0 Å².